The summed E-state index contributed by atoms with van der Waals surface area (Å²) in [6.07, 6.45) is 0. The molecule has 2 aromatic rings. The van der Waals surface area contributed by atoms with Crippen LogP contribution in [0.1, 0.15) is 34.6 Å². The maximum absolute atomic E-state index is 13.7. The third-order valence-electron chi connectivity index (χ3n) is 3.74. The molecule has 142 valence electrons. The van der Waals surface area contributed by atoms with Crippen LogP contribution in [0.15, 0.2) is 48.5 Å². The molecule has 3 amide bonds. The van der Waals surface area contributed by atoms with Gasteiger partial charge in [0, 0.05) is 10.6 Å². The summed E-state index contributed by atoms with van der Waals surface area (Å²) < 4.78 is 13.7. The maximum Gasteiger partial charge on any atom is 0.269 e. The standard InChI is InChI=1S/C19H19ClFN3O3/c1-11(2)16(22-18(26)14-8-3-4-9-15(14)21)19(27)24-23-17(25)12-6-5-7-13(20)10-12/h3-11,16H,1-2H3,(H,22,26)(H,23,25)(H,24,27)/t16-/m0/s1. The van der Waals surface area contributed by atoms with Gasteiger partial charge in [0.2, 0.25) is 0 Å². The second-order valence-electron chi connectivity index (χ2n) is 6.13. The van der Waals surface area contributed by atoms with Crippen LogP contribution in [0.4, 0.5) is 4.39 Å². The average Bonchev–Trinajstić information content (AvgIpc) is 2.63. The molecule has 8 heteroatoms. The van der Waals surface area contributed by atoms with Crippen LogP contribution in [-0.2, 0) is 4.79 Å². The number of rotatable bonds is 5. The Bertz CT molecular complexity index is 858. The van der Waals surface area contributed by atoms with Crippen LogP contribution in [-0.4, -0.2) is 23.8 Å². The molecule has 0 aromatic heterocycles. The molecule has 1 atom stereocenters. The fraction of sp³-hybridized carbons (Fsp3) is 0.211. The number of halogens is 2. The number of amides is 3. The molecule has 0 aliphatic carbocycles. The molecule has 0 aliphatic heterocycles. The van der Waals surface area contributed by atoms with Gasteiger partial charge in [-0.05, 0) is 36.2 Å². The van der Waals surface area contributed by atoms with E-state index in [9.17, 15) is 18.8 Å². The van der Waals surface area contributed by atoms with Crippen molar-refractivity contribution in [3.63, 3.8) is 0 Å². The van der Waals surface area contributed by atoms with Gasteiger partial charge in [-0.2, -0.15) is 0 Å². The normalized spacial score (nSPS) is 11.6. The van der Waals surface area contributed by atoms with Gasteiger partial charge in [0.15, 0.2) is 0 Å². The number of benzene rings is 2. The van der Waals surface area contributed by atoms with Gasteiger partial charge >= 0.3 is 0 Å². The van der Waals surface area contributed by atoms with E-state index in [0.717, 1.165) is 6.07 Å². The molecular weight excluding hydrogens is 373 g/mol. The Labute approximate surface area is 161 Å². The van der Waals surface area contributed by atoms with Gasteiger partial charge < -0.3 is 5.32 Å². The van der Waals surface area contributed by atoms with Crippen molar-refractivity contribution < 1.29 is 18.8 Å². The lowest BCUT2D eigenvalue weighted by Gasteiger charge is -2.22. The molecule has 27 heavy (non-hydrogen) atoms. The molecule has 0 bridgehead atoms. The first-order valence-corrected chi connectivity index (χ1v) is 8.58. The van der Waals surface area contributed by atoms with Crippen molar-refractivity contribution >= 4 is 29.3 Å². The molecule has 2 rings (SSSR count). The number of hydrazine groups is 1. The van der Waals surface area contributed by atoms with E-state index in [0.29, 0.717) is 5.02 Å². The van der Waals surface area contributed by atoms with E-state index in [-0.39, 0.29) is 17.0 Å². The molecule has 0 heterocycles. The first-order valence-electron chi connectivity index (χ1n) is 8.20. The number of carbonyl (C=O) groups is 3. The lowest BCUT2D eigenvalue weighted by atomic mass is 10.0. The quantitative estimate of drug-likeness (QED) is 0.685. The van der Waals surface area contributed by atoms with Crippen molar-refractivity contribution in [2.75, 3.05) is 0 Å². The molecule has 0 aliphatic rings. The topological polar surface area (TPSA) is 87.3 Å². The summed E-state index contributed by atoms with van der Waals surface area (Å²) in [6, 6.07) is 10.7. The Kier molecular flexibility index (Phi) is 6.90. The number of hydrogen-bond acceptors (Lipinski definition) is 3. The van der Waals surface area contributed by atoms with Crippen LogP contribution >= 0.6 is 11.6 Å². The third-order valence-corrected chi connectivity index (χ3v) is 3.98. The zero-order valence-corrected chi connectivity index (χ0v) is 15.5. The van der Waals surface area contributed by atoms with Gasteiger partial charge in [-0.3, -0.25) is 25.2 Å². The Hall–Kier alpha value is -2.93. The fourth-order valence-electron chi connectivity index (χ4n) is 2.30. The summed E-state index contributed by atoms with van der Waals surface area (Å²) in [5.74, 6) is -2.90. The van der Waals surface area contributed by atoms with Crippen LogP contribution in [0.2, 0.25) is 5.02 Å². The molecule has 0 saturated carbocycles. The van der Waals surface area contributed by atoms with Gasteiger partial charge in [0.1, 0.15) is 11.9 Å². The molecule has 6 nitrogen and oxygen atoms in total. The lowest BCUT2D eigenvalue weighted by molar-refractivity contribution is -0.124. The Morgan fingerprint density at radius 2 is 1.67 bits per heavy atom. The van der Waals surface area contributed by atoms with Gasteiger partial charge in [-0.15, -0.1) is 0 Å². The van der Waals surface area contributed by atoms with Gasteiger partial charge in [-0.25, -0.2) is 4.39 Å². The highest BCUT2D eigenvalue weighted by Crippen LogP contribution is 2.11. The minimum absolute atomic E-state index is 0.168. The van der Waals surface area contributed by atoms with Crippen LogP contribution in [0, 0.1) is 11.7 Å². The van der Waals surface area contributed by atoms with Crippen molar-refractivity contribution in [2.45, 2.75) is 19.9 Å². The molecule has 0 radical (unpaired) electrons. The molecule has 0 unspecified atom stereocenters. The first kappa shape index (κ1) is 20.4. The molecule has 0 spiro atoms. The van der Waals surface area contributed by atoms with Crippen LogP contribution in [0.3, 0.4) is 0 Å². The van der Waals surface area contributed by atoms with Gasteiger partial charge in [0.05, 0.1) is 5.56 Å². The molecule has 0 fully saturated rings. The monoisotopic (exact) mass is 391 g/mol. The summed E-state index contributed by atoms with van der Waals surface area (Å²) in [5, 5.41) is 2.86. The van der Waals surface area contributed by atoms with Crippen molar-refractivity contribution in [1.82, 2.24) is 16.2 Å². The largest absolute Gasteiger partial charge is 0.340 e. The van der Waals surface area contributed by atoms with E-state index >= 15 is 0 Å². The molecule has 0 saturated heterocycles. The highest BCUT2D eigenvalue weighted by Gasteiger charge is 2.26. The van der Waals surface area contributed by atoms with E-state index in [1.165, 1.54) is 30.3 Å². The van der Waals surface area contributed by atoms with E-state index in [4.69, 9.17) is 11.6 Å². The van der Waals surface area contributed by atoms with E-state index in [2.05, 4.69) is 16.2 Å². The first-order chi connectivity index (χ1) is 12.8. The Balaban J connectivity index is 2.01. The summed E-state index contributed by atoms with van der Waals surface area (Å²) in [6.45, 7) is 3.43. The minimum Gasteiger partial charge on any atom is -0.340 e. The highest BCUT2D eigenvalue weighted by atomic mass is 35.5. The Morgan fingerprint density at radius 1 is 0.963 bits per heavy atom. The zero-order chi connectivity index (χ0) is 20.0. The summed E-state index contributed by atoms with van der Waals surface area (Å²) in [4.78, 5) is 36.7. The van der Waals surface area contributed by atoms with Gasteiger partial charge in [-0.1, -0.05) is 43.6 Å². The highest BCUT2D eigenvalue weighted by molar-refractivity contribution is 6.30. The van der Waals surface area contributed by atoms with Crippen molar-refractivity contribution in [2.24, 2.45) is 5.92 Å². The third kappa shape index (κ3) is 5.52. The number of hydrogen-bond donors (Lipinski definition) is 3. The van der Waals surface area contributed by atoms with Crippen molar-refractivity contribution in [3.05, 3.63) is 70.5 Å². The second kappa shape index (κ2) is 9.14. The van der Waals surface area contributed by atoms with Crippen molar-refractivity contribution in [3.8, 4) is 0 Å². The maximum atomic E-state index is 13.7. The predicted molar refractivity (Wildman–Crippen MR) is 99.6 cm³/mol. The van der Waals surface area contributed by atoms with E-state index < -0.39 is 29.6 Å². The van der Waals surface area contributed by atoms with Crippen LogP contribution < -0.4 is 16.2 Å². The van der Waals surface area contributed by atoms with Crippen LogP contribution in [0.5, 0.6) is 0 Å². The van der Waals surface area contributed by atoms with Crippen molar-refractivity contribution in [1.29, 1.82) is 0 Å². The number of nitrogens with one attached hydrogen (secondary N) is 3. The summed E-state index contributed by atoms with van der Waals surface area (Å²) >= 11 is 5.83. The molecule has 3 N–H and O–H groups in total. The smallest absolute Gasteiger partial charge is 0.269 e. The van der Waals surface area contributed by atoms with E-state index in [1.807, 2.05) is 0 Å². The van der Waals surface area contributed by atoms with E-state index in [1.54, 1.807) is 26.0 Å². The minimum atomic E-state index is -0.975. The lowest BCUT2D eigenvalue weighted by Crippen LogP contribution is -2.54. The van der Waals surface area contributed by atoms with Gasteiger partial charge in [0.25, 0.3) is 17.7 Å². The zero-order valence-electron chi connectivity index (χ0n) is 14.8. The second-order valence-corrected chi connectivity index (χ2v) is 6.57. The fourth-order valence-corrected chi connectivity index (χ4v) is 2.49. The summed E-state index contributed by atoms with van der Waals surface area (Å²) in [5.41, 5.74) is 4.62. The summed E-state index contributed by atoms with van der Waals surface area (Å²) in [7, 11) is 0. The van der Waals surface area contributed by atoms with Crippen LogP contribution in [0.25, 0.3) is 0 Å². The Morgan fingerprint density at radius 3 is 2.30 bits per heavy atom. The predicted octanol–water partition coefficient (Wildman–Crippen LogP) is 2.69. The molecule has 2 aromatic carbocycles. The molecular formula is C19H19ClFN3O3. The number of carbonyl (C=O) groups excluding carboxylic acids is 3. The average molecular weight is 392 g/mol. The SMILES string of the molecule is CC(C)[C@H](NC(=O)c1ccccc1F)C(=O)NNC(=O)c1cccc(Cl)c1.